The summed E-state index contributed by atoms with van der Waals surface area (Å²) in [7, 11) is 3.05. The number of rotatable bonds is 4. The van der Waals surface area contributed by atoms with Gasteiger partial charge < -0.3 is 4.74 Å². The minimum absolute atomic E-state index is 0.321. The van der Waals surface area contributed by atoms with Crippen LogP contribution in [0, 0.1) is 0 Å². The van der Waals surface area contributed by atoms with E-state index >= 15 is 0 Å². The van der Waals surface area contributed by atoms with E-state index in [0.717, 1.165) is 14.6 Å². The Kier molecular flexibility index (Phi) is 4.31. The van der Waals surface area contributed by atoms with Gasteiger partial charge in [-0.3, -0.25) is 18.5 Å². The topological polar surface area (TPSA) is 71.1 Å². The van der Waals surface area contributed by atoms with Crippen molar-refractivity contribution in [3.8, 4) is 6.01 Å². The van der Waals surface area contributed by atoms with Crippen LogP contribution in [0.4, 0.5) is 0 Å². The predicted octanol–water partition coefficient (Wildman–Crippen LogP) is 1.64. The van der Waals surface area contributed by atoms with Gasteiger partial charge in [0.25, 0.3) is 11.6 Å². The Morgan fingerprint density at radius 3 is 2.62 bits per heavy atom. The van der Waals surface area contributed by atoms with Crippen LogP contribution in [0.3, 0.4) is 0 Å². The van der Waals surface area contributed by atoms with Crippen LogP contribution in [0.15, 0.2) is 38.3 Å². The van der Waals surface area contributed by atoms with E-state index in [9.17, 15) is 9.59 Å². The van der Waals surface area contributed by atoms with E-state index in [2.05, 4.69) is 20.9 Å². The summed E-state index contributed by atoms with van der Waals surface area (Å²) >= 11 is 3.45. The maximum Gasteiger partial charge on any atom is 0.332 e. The van der Waals surface area contributed by atoms with Gasteiger partial charge in [0.05, 0.1) is 13.2 Å². The lowest BCUT2D eigenvalue weighted by molar-refractivity contribution is 0.301. The van der Waals surface area contributed by atoms with Gasteiger partial charge in [-0.05, 0) is 24.6 Å². The zero-order valence-corrected chi connectivity index (χ0v) is 15.2. The Morgan fingerprint density at radius 2 is 1.96 bits per heavy atom. The average Bonchev–Trinajstić information content (AvgIpc) is 2.90. The Labute approximate surface area is 146 Å². The highest BCUT2D eigenvalue weighted by Gasteiger charge is 2.20. The van der Waals surface area contributed by atoms with E-state index in [0.29, 0.717) is 30.3 Å². The largest absolute Gasteiger partial charge is 0.465 e. The number of aromatic nitrogens is 4. The van der Waals surface area contributed by atoms with E-state index in [1.807, 2.05) is 31.2 Å². The number of hydrogen-bond donors (Lipinski definition) is 0. The van der Waals surface area contributed by atoms with Crippen LogP contribution in [0.5, 0.6) is 6.01 Å². The second-order valence-electron chi connectivity index (χ2n) is 5.42. The maximum absolute atomic E-state index is 12.6. The Morgan fingerprint density at radius 1 is 1.21 bits per heavy atom. The fourth-order valence-corrected chi connectivity index (χ4v) is 3.08. The van der Waals surface area contributed by atoms with Crippen LogP contribution in [0.1, 0.15) is 12.5 Å². The number of ether oxygens (including phenoxy) is 1. The minimum atomic E-state index is -0.414. The van der Waals surface area contributed by atoms with Crippen molar-refractivity contribution in [1.29, 1.82) is 0 Å². The van der Waals surface area contributed by atoms with E-state index in [1.54, 1.807) is 11.6 Å². The quantitative estimate of drug-likeness (QED) is 0.676. The summed E-state index contributed by atoms with van der Waals surface area (Å²) in [5, 5.41) is 0. The molecule has 0 saturated carbocycles. The Bertz CT molecular complexity index is 1030. The number of hydrogen-bond acceptors (Lipinski definition) is 4. The summed E-state index contributed by atoms with van der Waals surface area (Å²) in [6, 6.07) is 8.10. The van der Waals surface area contributed by atoms with E-state index in [-0.39, 0.29) is 5.56 Å². The first-order valence-electron chi connectivity index (χ1n) is 7.47. The van der Waals surface area contributed by atoms with Crippen molar-refractivity contribution in [3.63, 3.8) is 0 Å². The zero-order valence-electron chi connectivity index (χ0n) is 13.6. The molecule has 8 heteroatoms. The number of aryl methyl sites for hydroxylation is 1. The van der Waals surface area contributed by atoms with Crippen LogP contribution in [0.25, 0.3) is 11.2 Å². The van der Waals surface area contributed by atoms with Gasteiger partial charge >= 0.3 is 5.69 Å². The number of benzene rings is 1. The third-order valence-electron chi connectivity index (χ3n) is 3.82. The highest BCUT2D eigenvalue weighted by atomic mass is 79.9. The molecule has 0 N–H and O–H groups in total. The van der Waals surface area contributed by atoms with Gasteiger partial charge in [-0.15, -0.1) is 0 Å². The molecule has 0 aliphatic carbocycles. The summed E-state index contributed by atoms with van der Waals surface area (Å²) in [4.78, 5) is 29.1. The lowest BCUT2D eigenvalue weighted by atomic mass is 10.2. The van der Waals surface area contributed by atoms with Crippen molar-refractivity contribution in [2.45, 2.75) is 13.5 Å². The van der Waals surface area contributed by atoms with Crippen molar-refractivity contribution in [3.05, 3.63) is 55.1 Å². The molecular formula is C16H17BrN4O3. The fraction of sp³-hybridized carbons (Fsp3) is 0.312. The molecule has 2 aromatic heterocycles. The lowest BCUT2D eigenvalue weighted by Gasteiger charge is -2.09. The standard InChI is InChI=1S/C16H17BrN4O3/c1-4-24-15-18-13-12(14(22)20(3)16(23)19(13)2)21(15)9-10-6-5-7-11(17)8-10/h5-8H,4,9H2,1-3H3. The van der Waals surface area contributed by atoms with Crippen LogP contribution >= 0.6 is 15.9 Å². The molecule has 24 heavy (non-hydrogen) atoms. The van der Waals surface area contributed by atoms with Gasteiger partial charge in [0.15, 0.2) is 11.2 Å². The summed E-state index contributed by atoms with van der Waals surface area (Å²) in [5.74, 6) is 0. The Balaban J connectivity index is 2.30. The Hall–Kier alpha value is -2.35. The van der Waals surface area contributed by atoms with Gasteiger partial charge in [0.1, 0.15) is 0 Å². The van der Waals surface area contributed by atoms with Crippen molar-refractivity contribution < 1.29 is 4.74 Å². The molecule has 0 radical (unpaired) electrons. The van der Waals surface area contributed by atoms with Crippen LogP contribution < -0.4 is 16.0 Å². The second-order valence-corrected chi connectivity index (χ2v) is 6.34. The number of fused-ring (bicyclic) bond motifs is 1. The van der Waals surface area contributed by atoms with Crippen molar-refractivity contribution in [2.75, 3.05) is 6.61 Å². The first-order valence-corrected chi connectivity index (χ1v) is 8.26. The highest BCUT2D eigenvalue weighted by Crippen LogP contribution is 2.21. The normalized spacial score (nSPS) is 11.2. The molecule has 3 aromatic rings. The third kappa shape index (κ3) is 2.66. The van der Waals surface area contributed by atoms with E-state index < -0.39 is 5.69 Å². The average molecular weight is 393 g/mol. The first kappa shape index (κ1) is 16.5. The molecule has 0 bridgehead atoms. The summed E-state index contributed by atoms with van der Waals surface area (Å²) in [6.07, 6.45) is 0. The van der Waals surface area contributed by atoms with Crippen LogP contribution in [-0.4, -0.2) is 25.3 Å². The van der Waals surface area contributed by atoms with Crippen LogP contribution in [-0.2, 0) is 20.6 Å². The van der Waals surface area contributed by atoms with Crippen molar-refractivity contribution in [2.24, 2.45) is 14.1 Å². The molecule has 0 amide bonds. The molecule has 3 rings (SSSR count). The van der Waals surface area contributed by atoms with Crippen LogP contribution in [0.2, 0.25) is 0 Å². The highest BCUT2D eigenvalue weighted by molar-refractivity contribution is 9.10. The van der Waals surface area contributed by atoms with Gasteiger partial charge in [0.2, 0.25) is 0 Å². The number of halogens is 1. The summed E-state index contributed by atoms with van der Waals surface area (Å²) < 4.78 is 10.7. The molecule has 2 heterocycles. The van der Waals surface area contributed by atoms with Gasteiger partial charge in [-0.2, -0.15) is 4.98 Å². The number of nitrogens with zero attached hydrogens (tertiary/aromatic N) is 4. The lowest BCUT2D eigenvalue weighted by Crippen LogP contribution is -2.37. The molecule has 0 unspecified atom stereocenters. The number of imidazole rings is 1. The van der Waals surface area contributed by atoms with Crippen molar-refractivity contribution in [1.82, 2.24) is 18.7 Å². The van der Waals surface area contributed by atoms with E-state index in [4.69, 9.17) is 4.74 Å². The molecule has 7 nitrogen and oxygen atoms in total. The summed E-state index contributed by atoms with van der Waals surface area (Å²) in [5.41, 5.74) is 0.856. The zero-order chi connectivity index (χ0) is 17.4. The molecular weight excluding hydrogens is 376 g/mol. The fourth-order valence-electron chi connectivity index (χ4n) is 2.63. The van der Waals surface area contributed by atoms with Gasteiger partial charge in [-0.25, -0.2) is 4.79 Å². The molecule has 0 spiro atoms. The van der Waals surface area contributed by atoms with Gasteiger partial charge in [0, 0.05) is 18.6 Å². The summed E-state index contributed by atoms with van der Waals surface area (Å²) in [6.45, 7) is 2.68. The molecule has 0 aliphatic rings. The maximum atomic E-state index is 12.6. The molecule has 1 aromatic carbocycles. The molecule has 0 saturated heterocycles. The predicted molar refractivity (Wildman–Crippen MR) is 94.6 cm³/mol. The molecule has 0 atom stereocenters. The third-order valence-corrected chi connectivity index (χ3v) is 4.31. The van der Waals surface area contributed by atoms with E-state index in [1.165, 1.54) is 11.6 Å². The second kappa shape index (κ2) is 6.27. The van der Waals surface area contributed by atoms with Gasteiger partial charge in [-0.1, -0.05) is 28.1 Å². The molecule has 126 valence electrons. The first-order chi connectivity index (χ1) is 11.4. The molecule has 0 aliphatic heterocycles. The smallest absolute Gasteiger partial charge is 0.332 e. The minimum Gasteiger partial charge on any atom is -0.465 e. The van der Waals surface area contributed by atoms with Crippen molar-refractivity contribution >= 4 is 27.1 Å². The molecule has 0 fully saturated rings. The monoisotopic (exact) mass is 392 g/mol. The SMILES string of the molecule is CCOc1nc2c(c(=O)n(C)c(=O)n2C)n1Cc1cccc(Br)c1.